The van der Waals surface area contributed by atoms with Gasteiger partial charge in [0.2, 0.25) is 10.0 Å². The number of aryl methyl sites for hydroxylation is 1. The first-order chi connectivity index (χ1) is 12.4. The fourth-order valence-electron chi connectivity index (χ4n) is 2.56. The number of hydrogen-bond acceptors (Lipinski definition) is 3. The van der Waals surface area contributed by atoms with Crippen LogP contribution in [0.1, 0.15) is 41.3 Å². The SMILES string of the molecule is CCCCN(C)S(=O)(=O)c1cccc(C(=O)NCc2ccccc2C)c1. The highest BCUT2D eigenvalue weighted by Crippen LogP contribution is 2.17. The Bertz CT molecular complexity index is 863. The van der Waals surface area contributed by atoms with Gasteiger partial charge in [-0.1, -0.05) is 43.7 Å². The Morgan fingerprint density at radius 3 is 2.54 bits per heavy atom. The minimum Gasteiger partial charge on any atom is -0.348 e. The highest BCUT2D eigenvalue weighted by Gasteiger charge is 2.21. The molecule has 2 aromatic rings. The summed E-state index contributed by atoms with van der Waals surface area (Å²) >= 11 is 0. The molecule has 0 atom stereocenters. The lowest BCUT2D eigenvalue weighted by Gasteiger charge is -2.17. The van der Waals surface area contributed by atoms with Gasteiger partial charge in [-0.25, -0.2) is 12.7 Å². The van der Waals surface area contributed by atoms with E-state index < -0.39 is 10.0 Å². The zero-order valence-corrected chi connectivity index (χ0v) is 16.3. The minimum absolute atomic E-state index is 0.139. The Kier molecular flexibility index (Phi) is 6.94. The minimum atomic E-state index is -3.59. The van der Waals surface area contributed by atoms with E-state index in [1.807, 2.05) is 38.1 Å². The van der Waals surface area contributed by atoms with Crippen LogP contribution in [0.5, 0.6) is 0 Å². The molecule has 2 aromatic carbocycles. The molecule has 0 fully saturated rings. The molecular formula is C20H26N2O3S. The summed E-state index contributed by atoms with van der Waals surface area (Å²) in [5.74, 6) is -0.290. The standard InChI is InChI=1S/C20H26N2O3S/c1-4-5-13-22(3)26(24,25)19-12-8-11-17(14-19)20(23)21-15-18-10-7-6-9-16(18)2/h6-12,14H,4-5,13,15H2,1-3H3,(H,21,23). The molecule has 140 valence electrons. The average Bonchev–Trinajstić information content (AvgIpc) is 2.65. The van der Waals surface area contributed by atoms with Crippen LogP contribution in [0, 0.1) is 6.92 Å². The number of carbonyl (C=O) groups excluding carboxylic acids is 1. The van der Waals surface area contributed by atoms with Crippen molar-refractivity contribution in [2.45, 2.75) is 38.1 Å². The molecule has 1 amide bonds. The molecule has 0 heterocycles. The van der Waals surface area contributed by atoms with Crippen molar-refractivity contribution in [2.75, 3.05) is 13.6 Å². The van der Waals surface area contributed by atoms with Crippen molar-refractivity contribution in [3.63, 3.8) is 0 Å². The van der Waals surface area contributed by atoms with Gasteiger partial charge in [-0.05, 0) is 42.7 Å². The van der Waals surface area contributed by atoms with Crippen LogP contribution >= 0.6 is 0 Å². The second kappa shape index (κ2) is 8.96. The molecule has 0 unspecified atom stereocenters. The quantitative estimate of drug-likeness (QED) is 0.771. The Morgan fingerprint density at radius 2 is 1.85 bits per heavy atom. The monoisotopic (exact) mass is 374 g/mol. The van der Waals surface area contributed by atoms with Gasteiger partial charge in [0.1, 0.15) is 0 Å². The van der Waals surface area contributed by atoms with E-state index in [9.17, 15) is 13.2 Å². The van der Waals surface area contributed by atoms with Crippen LogP contribution < -0.4 is 5.32 Å². The summed E-state index contributed by atoms with van der Waals surface area (Å²) in [6, 6.07) is 14.0. The number of sulfonamides is 1. The first-order valence-corrected chi connectivity index (χ1v) is 10.2. The predicted octanol–water partition coefficient (Wildman–Crippen LogP) is 3.35. The van der Waals surface area contributed by atoms with E-state index >= 15 is 0 Å². The fraction of sp³-hybridized carbons (Fsp3) is 0.350. The van der Waals surface area contributed by atoms with Crippen molar-refractivity contribution in [2.24, 2.45) is 0 Å². The van der Waals surface area contributed by atoms with Crippen LogP contribution in [0.25, 0.3) is 0 Å². The van der Waals surface area contributed by atoms with Crippen molar-refractivity contribution in [1.29, 1.82) is 0 Å². The summed E-state index contributed by atoms with van der Waals surface area (Å²) in [5, 5.41) is 2.85. The zero-order valence-electron chi connectivity index (χ0n) is 15.5. The van der Waals surface area contributed by atoms with E-state index in [0.717, 1.165) is 24.0 Å². The van der Waals surface area contributed by atoms with Gasteiger partial charge in [-0.15, -0.1) is 0 Å². The third-order valence-electron chi connectivity index (χ3n) is 4.33. The molecule has 0 aliphatic rings. The summed E-state index contributed by atoms with van der Waals surface area (Å²) in [6.45, 7) is 4.86. The van der Waals surface area contributed by atoms with Crippen LogP contribution in [0.4, 0.5) is 0 Å². The zero-order chi connectivity index (χ0) is 19.2. The Morgan fingerprint density at radius 1 is 1.12 bits per heavy atom. The lowest BCUT2D eigenvalue weighted by Crippen LogP contribution is -2.28. The average molecular weight is 375 g/mol. The second-order valence-corrected chi connectivity index (χ2v) is 8.36. The Balaban J connectivity index is 2.13. The number of benzene rings is 2. The van der Waals surface area contributed by atoms with Gasteiger partial charge in [0.15, 0.2) is 0 Å². The van der Waals surface area contributed by atoms with Gasteiger partial charge in [0, 0.05) is 25.7 Å². The summed E-state index contributed by atoms with van der Waals surface area (Å²) < 4.78 is 26.6. The molecule has 2 rings (SSSR count). The van der Waals surface area contributed by atoms with E-state index in [-0.39, 0.29) is 10.8 Å². The summed E-state index contributed by atoms with van der Waals surface area (Å²) in [6.07, 6.45) is 1.72. The molecule has 1 N–H and O–H groups in total. The molecule has 0 aliphatic carbocycles. The van der Waals surface area contributed by atoms with Crippen molar-refractivity contribution in [3.8, 4) is 0 Å². The molecule has 26 heavy (non-hydrogen) atoms. The number of unbranched alkanes of at least 4 members (excludes halogenated alkanes) is 1. The van der Waals surface area contributed by atoms with E-state index in [1.165, 1.54) is 16.4 Å². The smallest absolute Gasteiger partial charge is 0.251 e. The van der Waals surface area contributed by atoms with Crippen molar-refractivity contribution in [1.82, 2.24) is 9.62 Å². The van der Waals surface area contributed by atoms with Crippen LogP contribution in [0.3, 0.4) is 0 Å². The third kappa shape index (κ3) is 4.93. The predicted molar refractivity (Wildman–Crippen MR) is 104 cm³/mol. The van der Waals surface area contributed by atoms with Crippen LogP contribution in [-0.2, 0) is 16.6 Å². The fourth-order valence-corrected chi connectivity index (χ4v) is 3.82. The maximum Gasteiger partial charge on any atom is 0.251 e. The number of rotatable bonds is 8. The molecular weight excluding hydrogens is 348 g/mol. The Hall–Kier alpha value is -2.18. The van der Waals surface area contributed by atoms with Gasteiger partial charge < -0.3 is 5.32 Å². The lowest BCUT2D eigenvalue weighted by atomic mass is 10.1. The molecule has 0 spiro atoms. The lowest BCUT2D eigenvalue weighted by molar-refractivity contribution is 0.0950. The maximum absolute atomic E-state index is 12.6. The first-order valence-electron chi connectivity index (χ1n) is 8.75. The molecule has 0 saturated carbocycles. The first kappa shape index (κ1) is 20.1. The number of hydrogen-bond donors (Lipinski definition) is 1. The number of carbonyl (C=O) groups is 1. The van der Waals surface area contributed by atoms with Gasteiger partial charge >= 0.3 is 0 Å². The normalized spacial score (nSPS) is 11.5. The summed E-state index contributed by atoms with van der Waals surface area (Å²) in [5.41, 5.74) is 2.47. The molecule has 0 bridgehead atoms. The Labute approximate surface area is 156 Å². The van der Waals surface area contributed by atoms with Crippen molar-refractivity contribution in [3.05, 3.63) is 65.2 Å². The highest BCUT2D eigenvalue weighted by molar-refractivity contribution is 7.89. The van der Waals surface area contributed by atoms with E-state index in [2.05, 4.69) is 5.32 Å². The third-order valence-corrected chi connectivity index (χ3v) is 6.18. The van der Waals surface area contributed by atoms with Crippen LogP contribution in [-0.4, -0.2) is 32.2 Å². The van der Waals surface area contributed by atoms with E-state index in [0.29, 0.717) is 18.7 Å². The maximum atomic E-state index is 12.6. The van der Waals surface area contributed by atoms with Gasteiger partial charge in [-0.3, -0.25) is 4.79 Å². The van der Waals surface area contributed by atoms with E-state index in [1.54, 1.807) is 19.2 Å². The molecule has 0 aromatic heterocycles. The van der Waals surface area contributed by atoms with E-state index in [4.69, 9.17) is 0 Å². The van der Waals surface area contributed by atoms with Crippen LogP contribution in [0.15, 0.2) is 53.4 Å². The second-order valence-electron chi connectivity index (χ2n) is 6.32. The number of nitrogens with zero attached hydrogens (tertiary/aromatic N) is 1. The van der Waals surface area contributed by atoms with Crippen molar-refractivity contribution >= 4 is 15.9 Å². The number of amides is 1. The topological polar surface area (TPSA) is 66.5 Å². The molecule has 0 radical (unpaired) electrons. The van der Waals surface area contributed by atoms with Crippen molar-refractivity contribution < 1.29 is 13.2 Å². The van der Waals surface area contributed by atoms with Gasteiger partial charge in [-0.2, -0.15) is 0 Å². The molecule has 0 aliphatic heterocycles. The highest BCUT2D eigenvalue weighted by atomic mass is 32.2. The summed E-state index contributed by atoms with van der Waals surface area (Å²) in [4.78, 5) is 12.6. The summed E-state index contributed by atoms with van der Waals surface area (Å²) in [7, 11) is -2.02. The number of nitrogens with one attached hydrogen (secondary N) is 1. The largest absolute Gasteiger partial charge is 0.348 e. The van der Waals surface area contributed by atoms with Gasteiger partial charge in [0.25, 0.3) is 5.91 Å². The molecule has 6 heteroatoms. The molecule has 5 nitrogen and oxygen atoms in total. The van der Waals surface area contributed by atoms with Crippen LogP contribution in [0.2, 0.25) is 0 Å². The van der Waals surface area contributed by atoms with Gasteiger partial charge in [0.05, 0.1) is 4.90 Å². The molecule has 0 saturated heterocycles.